The van der Waals surface area contributed by atoms with E-state index in [-0.39, 0.29) is 48.7 Å². The molecule has 7 bridgehead atoms. The molecule has 13 rings (SSSR count). The standard InChI is InChI=1S/C56H76N10O7S/c1-35-12-17-64(35)54(69)59-48-50(63-15-6-7-16-63)51-58-45(33-74-51)38-8-11-46-42(26-38)44(30-55(3,4)34-73-53(68)56-28-37(29-56)32-66(60-56)52(48)67)49(65(46)22-25-72-41-13-23-71-24-14-41)43-27-40(31-57-47(43)36(2)70-5)62-20-18-61(19-21-62)39-9-10-39/h8,11,26-27,31,33,35-37,39,41,48,50,60H,6-7,9-10,12-25,28-30,32,34H2,1-5H3,(H,59,69)/t35-,36+,37?,48+,50+,56?/m1/s1. The molecule has 3 amide bonds. The summed E-state index contributed by atoms with van der Waals surface area (Å²) in [5.41, 5.74) is 9.90. The van der Waals surface area contributed by atoms with Crippen LogP contribution in [0.25, 0.3) is 33.4 Å². The number of esters is 1. The lowest BCUT2D eigenvalue weighted by molar-refractivity contribution is -0.180. The number of nitrogens with zero attached hydrogens (tertiary/aromatic N) is 8. The van der Waals surface area contributed by atoms with Crippen molar-refractivity contribution in [3.8, 4) is 22.5 Å². The van der Waals surface area contributed by atoms with E-state index in [2.05, 4.69) is 80.4 Å². The van der Waals surface area contributed by atoms with Gasteiger partial charge in [0.15, 0.2) is 0 Å². The number of hydrogen-bond donors (Lipinski definition) is 2. The number of ether oxygens (including phenoxy) is 4. The van der Waals surface area contributed by atoms with Gasteiger partial charge in [0, 0.05) is 111 Å². The molecule has 3 aromatic heterocycles. The lowest BCUT2D eigenvalue weighted by atomic mass is 9.66. The maximum atomic E-state index is 15.2. The van der Waals surface area contributed by atoms with Crippen LogP contribution in [0.4, 0.5) is 10.5 Å². The van der Waals surface area contributed by atoms with Gasteiger partial charge in [0.2, 0.25) is 0 Å². The minimum absolute atomic E-state index is 0.0849. The molecule has 1 spiro atoms. The number of fused-ring (bicyclic) bond motifs is 4. The Kier molecular flexibility index (Phi) is 13.8. The van der Waals surface area contributed by atoms with Gasteiger partial charge in [-0.2, -0.15) is 0 Å². The SMILES string of the molecule is CO[C@@H](C)c1ncc(N2CCN(C3CC3)CC2)cc1-c1c2c3cc(ccc3n1CCOC1CCOCC1)-c1csc(n1)[C@@H](N1CCCC1)[C@H](NC(=O)N1CC[C@H]1C)C(=O)N1CC3CC(C3)(N1)C(=O)OCC(C)(C)C2. The van der Waals surface area contributed by atoms with Gasteiger partial charge in [0.25, 0.3) is 5.91 Å². The van der Waals surface area contributed by atoms with Crippen molar-refractivity contribution in [2.75, 3.05) is 90.8 Å². The monoisotopic (exact) mass is 1030 g/mol. The number of hydrogen-bond acceptors (Lipinski definition) is 14. The first-order valence-electron chi connectivity index (χ1n) is 27.8. The normalized spacial score (nSPS) is 28.4. The zero-order valence-electron chi connectivity index (χ0n) is 44.1. The highest BCUT2D eigenvalue weighted by Crippen LogP contribution is 2.47. The summed E-state index contributed by atoms with van der Waals surface area (Å²) in [5.74, 6) is -0.479. The first kappa shape index (κ1) is 50.1. The van der Waals surface area contributed by atoms with Crippen LogP contribution in [0.2, 0.25) is 0 Å². The molecule has 0 unspecified atom stereocenters. The second kappa shape index (κ2) is 20.4. The maximum absolute atomic E-state index is 15.2. The summed E-state index contributed by atoms with van der Waals surface area (Å²) >= 11 is 1.54. The van der Waals surface area contributed by atoms with Crippen molar-refractivity contribution in [1.82, 2.24) is 45.0 Å². The predicted octanol–water partition coefficient (Wildman–Crippen LogP) is 6.94. The number of carbonyl (C=O) groups is 3. The van der Waals surface area contributed by atoms with Crippen LogP contribution in [-0.4, -0.2) is 168 Å². The second-order valence-electron chi connectivity index (χ2n) is 23.5. The van der Waals surface area contributed by atoms with Crippen LogP contribution in [0.1, 0.15) is 114 Å². The van der Waals surface area contributed by atoms with Crippen molar-refractivity contribution >= 4 is 45.8 Å². The summed E-state index contributed by atoms with van der Waals surface area (Å²) in [6.45, 7) is 17.8. The van der Waals surface area contributed by atoms with Gasteiger partial charge in [-0.25, -0.2) is 20.0 Å². The Morgan fingerprint density at radius 3 is 2.49 bits per heavy atom. The number of benzene rings is 1. The minimum Gasteiger partial charge on any atom is -0.464 e. The summed E-state index contributed by atoms with van der Waals surface area (Å²) in [5, 5.41) is 8.85. The molecule has 2 N–H and O–H groups in total. The molecule has 4 aromatic rings. The third-order valence-electron chi connectivity index (χ3n) is 17.7. The highest BCUT2D eigenvalue weighted by atomic mass is 32.1. The van der Waals surface area contributed by atoms with Gasteiger partial charge in [0.1, 0.15) is 16.6 Å². The van der Waals surface area contributed by atoms with E-state index in [1.807, 2.05) is 13.1 Å². The van der Waals surface area contributed by atoms with Crippen LogP contribution in [0.5, 0.6) is 0 Å². The molecule has 8 fully saturated rings. The van der Waals surface area contributed by atoms with E-state index in [0.29, 0.717) is 58.7 Å². The molecule has 18 heteroatoms. The Hall–Kier alpha value is -4.69. The number of likely N-dealkylation sites (tertiary alicyclic amines) is 2. The Morgan fingerprint density at radius 2 is 1.77 bits per heavy atom. The van der Waals surface area contributed by atoms with Gasteiger partial charge in [-0.05, 0) is 121 Å². The van der Waals surface area contributed by atoms with Gasteiger partial charge in [-0.1, -0.05) is 19.9 Å². The van der Waals surface area contributed by atoms with Crippen LogP contribution in [0.15, 0.2) is 35.8 Å². The number of anilines is 1. The van der Waals surface area contributed by atoms with Crippen LogP contribution >= 0.6 is 11.3 Å². The second-order valence-corrected chi connectivity index (χ2v) is 24.4. The lowest BCUT2D eigenvalue weighted by Crippen LogP contribution is -2.75. The zero-order chi connectivity index (χ0) is 50.9. The Balaban J connectivity index is 1.01. The Bertz CT molecular complexity index is 2730. The van der Waals surface area contributed by atoms with E-state index in [0.717, 1.165) is 133 Å². The first-order valence-corrected chi connectivity index (χ1v) is 28.6. The Morgan fingerprint density at radius 1 is 0.986 bits per heavy atom. The van der Waals surface area contributed by atoms with Gasteiger partial charge in [0.05, 0.1) is 60.4 Å². The average Bonchev–Trinajstić information content (AvgIpc) is 3.78. The molecule has 1 aromatic carbocycles. The Labute approximate surface area is 439 Å². The average molecular weight is 1030 g/mol. The van der Waals surface area contributed by atoms with Crippen molar-refractivity contribution < 1.29 is 33.3 Å². The highest BCUT2D eigenvalue weighted by molar-refractivity contribution is 7.10. The number of thiazole rings is 1. The number of cyclic esters (lactones) is 1. The van der Waals surface area contributed by atoms with Crippen molar-refractivity contribution in [3.05, 3.63) is 52.1 Å². The van der Waals surface area contributed by atoms with Crippen LogP contribution in [0, 0.1) is 11.3 Å². The van der Waals surface area contributed by atoms with Crippen LogP contribution in [0.3, 0.4) is 0 Å². The smallest absolute Gasteiger partial charge is 0.328 e. The molecule has 2 saturated carbocycles. The molecule has 6 saturated heterocycles. The molecule has 17 nitrogen and oxygen atoms in total. The largest absolute Gasteiger partial charge is 0.464 e. The molecule has 2 aliphatic carbocycles. The number of methoxy groups -OCH3 is 1. The first-order chi connectivity index (χ1) is 35.8. The summed E-state index contributed by atoms with van der Waals surface area (Å²) < 4.78 is 27.4. The van der Waals surface area contributed by atoms with Gasteiger partial charge in [-0.15, -0.1) is 11.3 Å². The third-order valence-corrected chi connectivity index (χ3v) is 18.6. The van der Waals surface area contributed by atoms with E-state index in [1.54, 1.807) is 28.4 Å². The third kappa shape index (κ3) is 9.63. The summed E-state index contributed by atoms with van der Waals surface area (Å²) in [7, 11) is 1.75. The fraction of sp³-hybridized carbons (Fsp3) is 0.661. The van der Waals surface area contributed by atoms with Crippen molar-refractivity contribution in [1.29, 1.82) is 0 Å². The van der Waals surface area contributed by atoms with E-state index in [4.69, 9.17) is 28.9 Å². The predicted molar refractivity (Wildman–Crippen MR) is 284 cm³/mol. The minimum atomic E-state index is -1.04. The van der Waals surface area contributed by atoms with E-state index in [1.165, 1.54) is 12.8 Å². The number of hydrazine groups is 1. The molecule has 4 atom stereocenters. The number of rotatable bonds is 11. The summed E-state index contributed by atoms with van der Waals surface area (Å²) in [4.78, 5) is 64.1. The van der Waals surface area contributed by atoms with Gasteiger partial charge in [-0.3, -0.25) is 24.6 Å². The van der Waals surface area contributed by atoms with E-state index < -0.39 is 23.0 Å². The topological polar surface area (TPSA) is 159 Å². The molecule has 9 aliphatic rings. The number of nitrogens with one attached hydrogen (secondary N) is 2. The molecule has 10 heterocycles. The van der Waals surface area contributed by atoms with E-state index >= 15 is 4.79 Å². The number of piperazine rings is 1. The van der Waals surface area contributed by atoms with Crippen molar-refractivity contribution in [2.45, 2.75) is 140 Å². The van der Waals surface area contributed by atoms with Crippen LogP contribution < -0.4 is 15.6 Å². The number of carbonyl (C=O) groups excluding carboxylic acids is 3. The quantitative estimate of drug-likeness (QED) is 0.149. The van der Waals surface area contributed by atoms with Crippen molar-refractivity contribution in [3.63, 3.8) is 0 Å². The maximum Gasteiger partial charge on any atom is 0.328 e. The molecule has 74 heavy (non-hydrogen) atoms. The van der Waals surface area contributed by atoms with Gasteiger partial charge < -0.3 is 38.6 Å². The molecule has 7 aliphatic heterocycles. The summed E-state index contributed by atoms with van der Waals surface area (Å²) in [6.07, 6.45) is 10.9. The lowest BCUT2D eigenvalue weighted by Gasteiger charge is -2.55. The fourth-order valence-corrected chi connectivity index (χ4v) is 14.1. The van der Waals surface area contributed by atoms with E-state index in [9.17, 15) is 9.59 Å². The molecular weight excluding hydrogens is 957 g/mol. The number of aromatic nitrogens is 3. The molecular formula is C56H76N10O7S. The number of pyridine rings is 1. The summed E-state index contributed by atoms with van der Waals surface area (Å²) in [6, 6.07) is 8.14. The zero-order valence-corrected chi connectivity index (χ0v) is 44.9. The highest BCUT2D eigenvalue weighted by Gasteiger charge is 2.58. The molecule has 0 radical (unpaired) electrons. The van der Waals surface area contributed by atoms with Crippen molar-refractivity contribution in [2.24, 2.45) is 11.3 Å². The van der Waals surface area contributed by atoms with Gasteiger partial charge >= 0.3 is 12.0 Å². The van der Waals surface area contributed by atoms with Crippen LogP contribution in [-0.2, 0) is 41.5 Å². The number of amides is 3. The fourth-order valence-electron chi connectivity index (χ4n) is 13.1. The molecule has 398 valence electrons. The number of urea groups is 1.